The van der Waals surface area contributed by atoms with E-state index in [0.717, 1.165) is 0 Å². The third kappa shape index (κ3) is 3.27. The summed E-state index contributed by atoms with van der Waals surface area (Å²) in [5.74, 6) is -0.592. The number of carbonyl (C=O) groups is 1. The summed E-state index contributed by atoms with van der Waals surface area (Å²) >= 11 is 0. The first kappa shape index (κ1) is 14.8. The third-order valence-electron chi connectivity index (χ3n) is 2.88. The molecule has 0 atom stereocenters. The molecule has 2 rings (SSSR count). The molecule has 7 nitrogen and oxygen atoms in total. The summed E-state index contributed by atoms with van der Waals surface area (Å²) in [5.41, 5.74) is 0.373. The van der Waals surface area contributed by atoms with Crippen LogP contribution in [0, 0.1) is 0 Å². The van der Waals surface area contributed by atoms with Crippen LogP contribution in [0.15, 0.2) is 24.3 Å². The molecule has 0 aromatic heterocycles. The van der Waals surface area contributed by atoms with Gasteiger partial charge in [-0.05, 0) is 12.1 Å². The number of para-hydroxylation sites is 1. The monoisotopic (exact) mass is 300 g/mol. The van der Waals surface area contributed by atoms with Gasteiger partial charge in [0, 0.05) is 13.1 Å². The number of morpholine rings is 1. The molecule has 8 heteroatoms. The maximum Gasteiger partial charge on any atom is 0.339 e. The molecule has 1 heterocycles. The van der Waals surface area contributed by atoms with E-state index in [2.05, 4.69) is 9.46 Å². The van der Waals surface area contributed by atoms with Gasteiger partial charge in [0.1, 0.15) is 0 Å². The van der Waals surface area contributed by atoms with Crippen LogP contribution in [0.2, 0.25) is 0 Å². The Morgan fingerprint density at radius 1 is 1.30 bits per heavy atom. The van der Waals surface area contributed by atoms with E-state index < -0.39 is 16.2 Å². The number of nitrogens with one attached hydrogen (secondary N) is 1. The molecule has 0 spiro atoms. The Bertz CT molecular complexity index is 581. The van der Waals surface area contributed by atoms with E-state index in [1.54, 1.807) is 12.1 Å². The van der Waals surface area contributed by atoms with E-state index in [-0.39, 0.29) is 24.3 Å². The van der Waals surface area contributed by atoms with Gasteiger partial charge in [-0.3, -0.25) is 4.72 Å². The summed E-state index contributed by atoms with van der Waals surface area (Å²) in [7, 11) is -2.46. The maximum atomic E-state index is 12.2. The molecule has 0 bridgehead atoms. The van der Waals surface area contributed by atoms with Crippen LogP contribution in [0.5, 0.6) is 0 Å². The highest BCUT2D eigenvalue weighted by molar-refractivity contribution is 7.90. The number of rotatable bonds is 4. The number of carbonyl (C=O) groups excluding carboxylic acids is 1. The molecular weight excluding hydrogens is 284 g/mol. The van der Waals surface area contributed by atoms with Gasteiger partial charge in [-0.2, -0.15) is 12.7 Å². The molecule has 0 radical (unpaired) electrons. The Balaban J connectivity index is 2.23. The number of nitrogens with zero attached hydrogens (tertiary/aromatic N) is 1. The van der Waals surface area contributed by atoms with Crippen molar-refractivity contribution in [2.45, 2.75) is 0 Å². The second kappa shape index (κ2) is 6.21. The van der Waals surface area contributed by atoms with Gasteiger partial charge in [-0.15, -0.1) is 0 Å². The average Bonchev–Trinajstić information content (AvgIpc) is 2.47. The van der Waals surface area contributed by atoms with Crippen molar-refractivity contribution in [3.8, 4) is 0 Å². The molecular formula is C12H16N2O5S. The lowest BCUT2D eigenvalue weighted by Gasteiger charge is -2.26. The van der Waals surface area contributed by atoms with E-state index in [1.807, 2.05) is 0 Å². The second-order valence-electron chi connectivity index (χ2n) is 4.16. The number of hydrogen-bond donors (Lipinski definition) is 1. The Morgan fingerprint density at radius 2 is 1.95 bits per heavy atom. The van der Waals surface area contributed by atoms with Crippen molar-refractivity contribution in [1.29, 1.82) is 0 Å². The topological polar surface area (TPSA) is 84.9 Å². The molecule has 1 aromatic carbocycles. The second-order valence-corrected chi connectivity index (χ2v) is 5.83. The highest BCUT2D eigenvalue weighted by Crippen LogP contribution is 2.19. The highest BCUT2D eigenvalue weighted by atomic mass is 32.2. The van der Waals surface area contributed by atoms with Crippen molar-refractivity contribution >= 4 is 21.9 Å². The molecule has 0 amide bonds. The van der Waals surface area contributed by atoms with Crippen molar-refractivity contribution in [3.05, 3.63) is 29.8 Å². The molecule has 0 saturated carbocycles. The summed E-state index contributed by atoms with van der Waals surface area (Å²) in [5, 5.41) is 0. The van der Waals surface area contributed by atoms with Gasteiger partial charge in [0.05, 0.1) is 31.6 Å². The lowest BCUT2D eigenvalue weighted by molar-refractivity contribution is 0.0602. The third-order valence-corrected chi connectivity index (χ3v) is 4.40. The van der Waals surface area contributed by atoms with Crippen LogP contribution in [-0.4, -0.2) is 52.1 Å². The van der Waals surface area contributed by atoms with E-state index in [1.165, 1.54) is 23.5 Å². The van der Waals surface area contributed by atoms with Crippen LogP contribution in [0.3, 0.4) is 0 Å². The smallest absolute Gasteiger partial charge is 0.339 e. The molecule has 20 heavy (non-hydrogen) atoms. The standard InChI is InChI=1S/C12H16N2O5S/c1-18-12(15)10-4-2-3-5-11(10)13-20(16,17)14-6-8-19-9-7-14/h2-5,13H,6-9H2,1H3. The minimum absolute atomic E-state index is 0.173. The van der Waals surface area contributed by atoms with Gasteiger partial charge in [0.25, 0.3) is 0 Å². The first-order chi connectivity index (χ1) is 9.54. The SMILES string of the molecule is COC(=O)c1ccccc1NS(=O)(=O)N1CCOCC1. The molecule has 1 aromatic rings. The minimum atomic E-state index is -3.71. The van der Waals surface area contributed by atoms with Crippen molar-refractivity contribution < 1.29 is 22.7 Å². The van der Waals surface area contributed by atoms with Crippen molar-refractivity contribution in [1.82, 2.24) is 4.31 Å². The number of esters is 1. The first-order valence-electron chi connectivity index (χ1n) is 6.07. The van der Waals surface area contributed by atoms with Crippen LogP contribution >= 0.6 is 0 Å². The lowest BCUT2D eigenvalue weighted by Crippen LogP contribution is -2.43. The van der Waals surface area contributed by atoms with Crippen LogP contribution < -0.4 is 4.72 Å². The fourth-order valence-electron chi connectivity index (χ4n) is 1.85. The van der Waals surface area contributed by atoms with Gasteiger partial charge < -0.3 is 9.47 Å². The van der Waals surface area contributed by atoms with E-state index in [9.17, 15) is 13.2 Å². The van der Waals surface area contributed by atoms with Crippen LogP contribution in [0.1, 0.15) is 10.4 Å². The van der Waals surface area contributed by atoms with E-state index >= 15 is 0 Å². The lowest BCUT2D eigenvalue weighted by atomic mass is 10.2. The van der Waals surface area contributed by atoms with Gasteiger partial charge in [-0.1, -0.05) is 12.1 Å². The van der Waals surface area contributed by atoms with E-state index in [0.29, 0.717) is 13.2 Å². The summed E-state index contributed by atoms with van der Waals surface area (Å²) in [6, 6.07) is 6.30. The molecule has 0 unspecified atom stereocenters. The molecule has 110 valence electrons. The van der Waals surface area contributed by atoms with Gasteiger partial charge in [0.15, 0.2) is 0 Å². The maximum absolute atomic E-state index is 12.2. The quantitative estimate of drug-likeness (QED) is 0.817. The summed E-state index contributed by atoms with van der Waals surface area (Å²) in [6.45, 7) is 1.30. The Labute approximate surface area is 117 Å². The largest absolute Gasteiger partial charge is 0.465 e. The number of ether oxygens (including phenoxy) is 2. The van der Waals surface area contributed by atoms with Crippen LogP contribution in [0.25, 0.3) is 0 Å². The average molecular weight is 300 g/mol. The van der Waals surface area contributed by atoms with Gasteiger partial charge >= 0.3 is 16.2 Å². The minimum Gasteiger partial charge on any atom is -0.465 e. The van der Waals surface area contributed by atoms with Crippen molar-refractivity contribution in [2.75, 3.05) is 38.1 Å². The molecule has 1 N–H and O–H groups in total. The van der Waals surface area contributed by atoms with Crippen LogP contribution in [0.4, 0.5) is 5.69 Å². The zero-order valence-electron chi connectivity index (χ0n) is 11.0. The fourth-order valence-corrected chi connectivity index (χ4v) is 3.07. The molecule has 1 saturated heterocycles. The molecule has 0 aliphatic carbocycles. The van der Waals surface area contributed by atoms with E-state index in [4.69, 9.17) is 4.74 Å². The Hall–Kier alpha value is -1.64. The predicted octanol–water partition coefficient (Wildman–Crippen LogP) is 0.462. The number of benzene rings is 1. The highest BCUT2D eigenvalue weighted by Gasteiger charge is 2.25. The summed E-state index contributed by atoms with van der Waals surface area (Å²) < 4.78 is 37.9. The zero-order chi connectivity index (χ0) is 14.6. The van der Waals surface area contributed by atoms with Gasteiger partial charge in [-0.25, -0.2) is 4.79 Å². The molecule has 1 aliphatic rings. The fraction of sp³-hybridized carbons (Fsp3) is 0.417. The summed E-state index contributed by atoms with van der Waals surface area (Å²) in [4.78, 5) is 11.6. The normalized spacial score (nSPS) is 16.6. The van der Waals surface area contributed by atoms with Gasteiger partial charge in [0.2, 0.25) is 0 Å². The van der Waals surface area contributed by atoms with Crippen molar-refractivity contribution in [2.24, 2.45) is 0 Å². The number of methoxy groups -OCH3 is 1. The number of hydrogen-bond acceptors (Lipinski definition) is 5. The summed E-state index contributed by atoms with van der Waals surface area (Å²) in [6.07, 6.45) is 0. The Morgan fingerprint density at radius 3 is 2.60 bits per heavy atom. The first-order valence-corrected chi connectivity index (χ1v) is 7.51. The molecule has 1 fully saturated rings. The zero-order valence-corrected chi connectivity index (χ0v) is 11.9. The predicted molar refractivity (Wildman–Crippen MR) is 72.7 cm³/mol. The Kier molecular flexibility index (Phi) is 4.58. The molecule has 1 aliphatic heterocycles. The number of anilines is 1. The van der Waals surface area contributed by atoms with Crippen molar-refractivity contribution in [3.63, 3.8) is 0 Å². The van der Waals surface area contributed by atoms with Crippen LogP contribution in [-0.2, 0) is 19.7 Å².